The van der Waals surface area contributed by atoms with Crippen LogP contribution in [-0.4, -0.2) is 78.9 Å². The molecule has 26 heavy (non-hydrogen) atoms. The van der Waals surface area contributed by atoms with Crippen LogP contribution in [0.4, 0.5) is 5.82 Å². The second kappa shape index (κ2) is 8.81. The maximum atomic E-state index is 9.47. The topological polar surface area (TPSA) is 66.6 Å². The maximum Gasteiger partial charge on any atom is 0.146 e. The Morgan fingerprint density at radius 3 is 2.69 bits per heavy atom. The fourth-order valence-corrected chi connectivity index (χ4v) is 4.35. The van der Waals surface area contributed by atoms with Crippen molar-refractivity contribution in [3.63, 3.8) is 0 Å². The van der Waals surface area contributed by atoms with Gasteiger partial charge in [-0.3, -0.25) is 4.90 Å². The van der Waals surface area contributed by atoms with Crippen molar-refractivity contribution in [1.82, 2.24) is 14.8 Å². The average molecular weight is 358 g/mol. The minimum atomic E-state index is 0.248. The van der Waals surface area contributed by atoms with Gasteiger partial charge >= 0.3 is 0 Å². The van der Waals surface area contributed by atoms with Gasteiger partial charge in [-0.2, -0.15) is 5.26 Å². The minimum Gasteiger partial charge on any atom is -0.396 e. The molecule has 1 N–H and O–H groups in total. The van der Waals surface area contributed by atoms with Gasteiger partial charge in [0, 0.05) is 57.6 Å². The van der Waals surface area contributed by atoms with Crippen LogP contribution in [0.5, 0.6) is 0 Å². The molecule has 1 aromatic rings. The Morgan fingerprint density at radius 2 is 2.00 bits per heavy atom. The van der Waals surface area contributed by atoms with E-state index in [1.807, 2.05) is 19.1 Å². The van der Waals surface area contributed by atoms with Gasteiger partial charge in [0.1, 0.15) is 11.9 Å². The number of nitriles is 1. The third-order valence-electron chi connectivity index (χ3n) is 5.87. The second-order valence-corrected chi connectivity index (χ2v) is 7.70. The summed E-state index contributed by atoms with van der Waals surface area (Å²) in [7, 11) is 2.19. The van der Waals surface area contributed by atoms with Crippen LogP contribution in [0, 0.1) is 24.2 Å². The van der Waals surface area contributed by atoms with E-state index in [-0.39, 0.29) is 6.61 Å². The molecule has 6 nitrogen and oxygen atoms in total. The Morgan fingerprint density at radius 1 is 1.23 bits per heavy atom. The zero-order valence-corrected chi connectivity index (χ0v) is 16.1. The van der Waals surface area contributed by atoms with E-state index in [0.717, 1.165) is 70.0 Å². The molecule has 6 heteroatoms. The van der Waals surface area contributed by atoms with Crippen LogP contribution < -0.4 is 4.90 Å². The third kappa shape index (κ3) is 4.35. The zero-order chi connectivity index (χ0) is 18.5. The van der Waals surface area contributed by atoms with Crippen LogP contribution in [-0.2, 0) is 0 Å². The number of pyridine rings is 1. The number of piperidine rings is 1. The summed E-state index contributed by atoms with van der Waals surface area (Å²) in [6, 6.07) is 6.66. The Bertz CT molecular complexity index is 636. The number of aromatic nitrogens is 1. The van der Waals surface area contributed by atoms with Crippen molar-refractivity contribution >= 4 is 5.82 Å². The van der Waals surface area contributed by atoms with Crippen LogP contribution in [0.25, 0.3) is 0 Å². The molecule has 0 aromatic carbocycles. The van der Waals surface area contributed by atoms with Crippen molar-refractivity contribution in [2.24, 2.45) is 5.92 Å². The predicted octanol–water partition coefficient (Wildman–Crippen LogP) is 1.48. The highest BCUT2D eigenvalue weighted by molar-refractivity contribution is 5.54. The first kappa shape index (κ1) is 19.1. The van der Waals surface area contributed by atoms with Crippen molar-refractivity contribution < 1.29 is 5.11 Å². The number of rotatable bonds is 5. The number of piperazine rings is 1. The Labute approximate surface area is 157 Å². The first-order chi connectivity index (χ1) is 12.6. The molecular formula is C20H31N5O. The molecular weight excluding hydrogens is 326 g/mol. The van der Waals surface area contributed by atoms with Gasteiger partial charge in [0.15, 0.2) is 0 Å². The van der Waals surface area contributed by atoms with Crippen molar-refractivity contribution in [3.05, 3.63) is 23.4 Å². The molecule has 0 aliphatic carbocycles. The molecule has 2 fully saturated rings. The largest absolute Gasteiger partial charge is 0.396 e. The number of hydrogen-bond acceptors (Lipinski definition) is 6. The summed E-state index contributed by atoms with van der Waals surface area (Å²) in [5.41, 5.74) is 1.61. The lowest BCUT2D eigenvalue weighted by atomic mass is 9.86. The molecule has 2 aliphatic heterocycles. The summed E-state index contributed by atoms with van der Waals surface area (Å²) in [5.74, 6) is 1.34. The van der Waals surface area contributed by atoms with Crippen LogP contribution in [0.3, 0.4) is 0 Å². The molecule has 3 rings (SSSR count). The fourth-order valence-electron chi connectivity index (χ4n) is 4.35. The number of likely N-dealkylation sites (N-methyl/N-ethyl adjacent to an activating group) is 1. The molecule has 1 aromatic heterocycles. The molecule has 3 heterocycles. The predicted molar refractivity (Wildman–Crippen MR) is 103 cm³/mol. The van der Waals surface area contributed by atoms with Gasteiger partial charge in [-0.15, -0.1) is 0 Å². The van der Waals surface area contributed by atoms with E-state index in [9.17, 15) is 10.4 Å². The van der Waals surface area contributed by atoms with Crippen molar-refractivity contribution in [2.75, 3.05) is 57.8 Å². The van der Waals surface area contributed by atoms with Gasteiger partial charge < -0.3 is 14.9 Å². The van der Waals surface area contributed by atoms with Crippen molar-refractivity contribution in [3.8, 4) is 6.07 Å². The van der Waals surface area contributed by atoms with Crippen LogP contribution >= 0.6 is 0 Å². The number of aryl methyl sites for hydroxylation is 1. The first-order valence-electron chi connectivity index (χ1n) is 9.78. The zero-order valence-electron chi connectivity index (χ0n) is 16.1. The molecule has 0 unspecified atom stereocenters. The van der Waals surface area contributed by atoms with Crippen molar-refractivity contribution in [2.45, 2.75) is 32.2 Å². The third-order valence-corrected chi connectivity index (χ3v) is 5.87. The van der Waals surface area contributed by atoms with Crippen LogP contribution in [0.2, 0.25) is 0 Å². The Kier molecular flexibility index (Phi) is 6.47. The Hall–Kier alpha value is -1.68. The number of hydrogen-bond donors (Lipinski definition) is 1. The quantitative estimate of drug-likeness (QED) is 0.861. The number of anilines is 1. The normalized spacial score (nSPS) is 25.2. The number of aliphatic hydroxyl groups is 1. The highest BCUT2D eigenvalue weighted by Crippen LogP contribution is 2.30. The number of nitrogens with zero attached hydrogens (tertiary/aromatic N) is 5. The van der Waals surface area contributed by atoms with Gasteiger partial charge in [-0.05, 0) is 51.3 Å². The van der Waals surface area contributed by atoms with E-state index >= 15 is 0 Å². The van der Waals surface area contributed by atoms with Gasteiger partial charge in [0.2, 0.25) is 0 Å². The van der Waals surface area contributed by atoms with Gasteiger partial charge in [0.25, 0.3) is 0 Å². The van der Waals surface area contributed by atoms with E-state index in [4.69, 9.17) is 0 Å². The van der Waals surface area contributed by atoms with E-state index in [1.165, 1.54) is 0 Å². The lowest BCUT2D eigenvalue weighted by Gasteiger charge is -2.47. The van der Waals surface area contributed by atoms with Crippen LogP contribution in [0.15, 0.2) is 12.1 Å². The van der Waals surface area contributed by atoms with E-state index in [2.05, 4.69) is 32.8 Å². The fraction of sp³-hybridized carbons (Fsp3) is 0.700. The lowest BCUT2D eigenvalue weighted by molar-refractivity contribution is 0.0637. The molecule has 0 amide bonds. The molecule has 2 saturated heterocycles. The molecule has 0 saturated carbocycles. The minimum absolute atomic E-state index is 0.248. The van der Waals surface area contributed by atoms with E-state index < -0.39 is 0 Å². The van der Waals surface area contributed by atoms with Gasteiger partial charge in [-0.1, -0.05) is 0 Å². The molecule has 2 aliphatic rings. The molecule has 0 bridgehead atoms. The highest BCUT2D eigenvalue weighted by Gasteiger charge is 2.35. The van der Waals surface area contributed by atoms with Gasteiger partial charge in [-0.25, -0.2) is 4.98 Å². The second-order valence-electron chi connectivity index (χ2n) is 7.70. The summed E-state index contributed by atoms with van der Waals surface area (Å²) in [6.07, 6.45) is 2.97. The maximum absolute atomic E-state index is 9.47. The molecule has 0 radical (unpaired) electrons. The Balaban J connectivity index is 1.75. The highest BCUT2D eigenvalue weighted by atomic mass is 16.2. The molecule has 142 valence electrons. The first-order valence-corrected chi connectivity index (χ1v) is 9.78. The summed E-state index contributed by atoms with van der Waals surface area (Å²) in [4.78, 5) is 12.0. The average Bonchev–Trinajstić information content (AvgIpc) is 2.67. The van der Waals surface area contributed by atoms with Crippen molar-refractivity contribution in [1.29, 1.82) is 5.26 Å². The summed E-state index contributed by atoms with van der Waals surface area (Å²) in [5, 5.41) is 18.8. The standard InChI is InChI=1S/C20H31N5O/c1-16-5-6-17(14-21)20(22-16)25-8-7-19(18(15-25)4-3-13-26)24-11-9-23(2)10-12-24/h5-6,18-19,26H,3-4,7-13,15H2,1-2H3/t18-,19+/m1/s1. The monoisotopic (exact) mass is 357 g/mol. The molecule has 2 atom stereocenters. The van der Waals surface area contributed by atoms with E-state index in [0.29, 0.717) is 17.5 Å². The van der Waals surface area contributed by atoms with Gasteiger partial charge in [0.05, 0.1) is 5.56 Å². The summed E-state index contributed by atoms with van der Waals surface area (Å²) in [6.45, 7) is 8.60. The number of aliphatic hydroxyl groups excluding tert-OH is 1. The SMILES string of the molecule is Cc1ccc(C#N)c(N2CC[C@H](N3CCN(C)CC3)[C@H](CCCO)C2)n1. The van der Waals surface area contributed by atoms with Crippen LogP contribution in [0.1, 0.15) is 30.5 Å². The summed E-state index contributed by atoms with van der Waals surface area (Å²) >= 11 is 0. The lowest BCUT2D eigenvalue weighted by Crippen LogP contribution is -2.56. The van der Waals surface area contributed by atoms with E-state index in [1.54, 1.807) is 0 Å². The molecule has 0 spiro atoms. The summed E-state index contributed by atoms with van der Waals surface area (Å²) < 4.78 is 0. The smallest absolute Gasteiger partial charge is 0.146 e.